The van der Waals surface area contributed by atoms with Crippen molar-refractivity contribution in [1.29, 1.82) is 0 Å². The number of rotatable bonds is 7. The second-order valence-corrected chi connectivity index (χ2v) is 12.5. The van der Waals surface area contributed by atoms with Crippen LogP contribution in [0, 0.1) is 17.3 Å². The largest absolute Gasteiger partial charge is 0.478 e. The number of amides is 2. The van der Waals surface area contributed by atoms with Crippen LogP contribution in [0.1, 0.15) is 111 Å². The van der Waals surface area contributed by atoms with E-state index in [1.165, 1.54) is 37.7 Å². The summed E-state index contributed by atoms with van der Waals surface area (Å²) in [6.07, 6.45) is 22.1. The summed E-state index contributed by atoms with van der Waals surface area (Å²) in [5.74, 6) is 1.09. The van der Waals surface area contributed by atoms with Crippen LogP contribution in [-0.4, -0.2) is 47.1 Å². The first-order valence-corrected chi connectivity index (χ1v) is 16.4. The maximum absolute atomic E-state index is 12.0. The van der Waals surface area contributed by atoms with Crippen LogP contribution >= 0.6 is 11.8 Å². The molecule has 2 saturated carbocycles. The summed E-state index contributed by atoms with van der Waals surface area (Å²) < 4.78 is 0. The van der Waals surface area contributed by atoms with Crippen LogP contribution in [0.2, 0.25) is 0 Å². The molecule has 0 aromatic carbocycles. The zero-order valence-corrected chi connectivity index (χ0v) is 25.8. The minimum atomic E-state index is -1.06. The SMILES string of the molecule is CC.CC1CCC(C)CC1.CS/C(=C\C(=C\C(=O)O)N(C=O)C1CCC2(CC1)CNC(=O)C2)C1=CCCCC1. The highest BCUT2D eigenvalue weighted by atomic mass is 32.2. The highest BCUT2D eigenvalue weighted by molar-refractivity contribution is 8.02. The third-order valence-corrected chi connectivity index (χ3v) is 9.52. The number of carboxylic acid groups (broad SMARTS) is 1. The molecule has 6 nitrogen and oxygen atoms in total. The number of carbonyl (C=O) groups excluding carboxylic acids is 2. The van der Waals surface area contributed by atoms with Gasteiger partial charge in [0.1, 0.15) is 0 Å². The van der Waals surface area contributed by atoms with Crippen molar-refractivity contribution >= 4 is 30.0 Å². The minimum Gasteiger partial charge on any atom is -0.478 e. The lowest BCUT2D eigenvalue weighted by atomic mass is 9.71. The summed E-state index contributed by atoms with van der Waals surface area (Å²) in [5, 5.41) is 12.3. The Morgan fingerprint density at radius 3 is 2.10 bits per heavy atom. The third kappa shape index (κ3) is 10.5. The van der Waals surface area contributed by atoms with E-state index < -0.39 is 5.97 Å². The average Bonchev–Trinajstić information content (AvgIpc) is 3.31. The molecule has 0 atom stereocenters. The summed E-state index contributed by atoms with van der Waals surface area (Å²) in [6, 6.07) is -0.0425. The topological polar surface area (TPSA) is 86.7 Å². The first-order valence-electron chi connectivity index (χ1n) is 15.2. The molecule has 220 valence electrons. The minimum absolute atomic E-state index is 0.00594. The smallest absolute Gasteiger partial charge is 0.330 e. The lowest BCUT2D eigenvalue weighted by Crippen LogP contribution is -2.40. The molecule has 1 saturated heterocycles. The lowest BCUT2D eigenvalue weighted by molar-refractivity contribution is -0.131. The van der Waals surface area contributed by atoms with Crippen LogP contribution < -0.4 is 5.32 Å². The first-order chi connectivity index (χ1) is 18.7. The molecule has 0 radical (unpaired) electrons. The van der Waals surface area contributed by atoms with Crippen LogP contribution in [0.25, 0.3) is 0 Å². The molecule has 1 heterocycles. The van der Waals surface area contributed by atoms with E-state index in [0.29, 0.717) is 18.7 Å². The molecular weight excluding hydrogens is 508 g/mol. The predicted molar refractivity (Wildman–Crippen MR) is 162 cm³/mol. The van der Waals surface area contributed by atoms with Crippen molar-refractivity contribution in [3.05, 3.63) is 34.4 Å². The van der Waals surface area contributed by atoms with Gasteiger partial charge >= 0.3 is 5.97 Å². The quantitative estimate of drug-likeness (QED) is 0.192. The molecular formula is C32H52N2O4S. The Morgan fingerprint density at radius 2 is 1.67 bits per heavy atom. The van der Waals surface area contributed by atoms with Gasteiger partial charge in [-0.15, -0.1) is 11.8 Å². The fourth-order valence-corrected chi connectivity index (χ4v) is 6.87. The highest BCUT2D eigenvalue weighted by Crippen LogP contribution is 2.43. The van der Waals surface area contributed by atoms with Crippen molar-refractivity contribution in [1.82, 2.24) is 10.2 Å². The maximum Gasteiger partial charge on any atom is 0.330 e. The Bertz CT molecular complexity index is 884. The summed E-state index contributed by atoms with van der Waals surface area (Å²) >= 11 is 1.59. The molecule has 0 bridgehead atoms. The van der Waals surface area contributed by atoms with Crippen LogP contribution in [0.5, 0.6) is 0 Å². The Labute approximate surface area is 241 Å². The van der Waals surface area contributed by atoms with Gasteiger partial charge in [-0.2, -0.15) is 0 Å². The first kappa shape index (κ1) is 33.2. The number of thioether (sulfide) groups is 1. The fraction of sp³-hybridized carbons (Fsp3) is 0.719. The molecule has 1 spiro atoms. The molecule has 7 heteroatoms. The highest BCUT2D eigenvalue weighted by Gasteiger charge is 2.42. The van der Waals surface area contributed by atoms with E-state index in [4.69, 9.17) is 0 Å². The molecule has 0 aromatic heterocycles. The molecule has 2 amide bonds. The van der Waals surface area contributed by atoms with Gasteiger partial charge in [0.25, 0.3) is 0 Å². The van der Waals surface area contributed by atoms with Crippen LogP contribution in [-0.2, 0) is 14.4 Å². The number of carbonyl (C=O) groups is 3. The Kier molecular flexibility index (Phi) is 14.4. The molecule has 39 heavy (non-hydrogen) atoms. The van der Waals surface area contributed by atoms with Crippen LogP contribution in [0.15, 0.2) is 34.4 Å². The molecule has 3 fully saturated rings. The zero-order valence-electron chi connectivity index (χ0n) is 25.0. The summed E-state index contributed by atoms with van der Waals surface area (Å²) in [6.45, 7) is 9.44. The predicted octanol–water partition coefficient (Wildman–Crippen LogP) is 7.47. The number of hydrogen-bond donors (Lipinski definition) is 2. The van der Waals surface area contributed by atoms with Gasteiger partial charge in [0.05, 0.1) is 5.70 Å². The average molecular weight is 561 g/mol. The van der Waals surface area contributed by atoms with Crippen molar-refractivity contribution < 1.29 is 19.5 Å². The van der Waals surface area contributed by atoms with Gasteiger partial charge in [-0.1, -0.05) is 59.5 Å². The summed E-state index contributed by atoms with van der Waals surface area (Å²) in [7, 11) is 0. The van der Waals surface area contributed by atoms with Crippen LogP contribution in [0.3, 0.4) is 0 Å². The Hall–Kier alpha value is -2.02. The second-order valence-electron chi connectivity index (χ2n) is 11.7. The van der Waals surface area contributed by atoms with E-state index >= 15 is 0 Å². The summed E-state index contributed by atoms with van der Waals surface area (Å²) in [4.78, 5) is 37.8. The number of aliphatic carboxylic acids is 1. The van der Waals surface area contributed by atoms with Gasteiger partial charge in [0.15, 0.2) is 0 Å². The van der Waals surface area contributed by atoms with Gasteiger partial charge in [0, 0.05) is 30.0 Å². The van der Waals surface area contributed by atoms with E-state index in [1.54, 1.807) is 16.7 Å². The van der Waals surface area contributed by atoms with Gasteiger partial charge in [-0.3, -0.25) is 9.59 Å². The zero-order chi connectivity index (χ0) is 28.8. The van der Waals surface area contributed by atoms with Crippen molar-refractivity contribution in [2.75, 3.05) is 12.8 Å². The lowest BCUT2D eigenvalue weighted by Gasteiger charge is -2.40. The maximum atomic E-state index is 12.0. The number of nitrogens with zero attached hydrogens (tertiary/aromatic N) is 1. The number of hydrogen-bond acceptors (Lipinski definition) is 4. The molecule has 4 rings (SSSR count). The van der Waals surface area contributed by atoms with E-state index in [2.05, 4.69) is 25.2 Å². The van der Waals surface area contributed by atoms with E-state index in [0.717, 1.165) is 74.2 Å². The van der Waals surface area contributed by atoms with Crippen LogP contribution in [0.4, 0.5) is 0 Å². The van der Waals surface area contributed by atoms with E-state index in [9.17, 15) is 19.5 Å². The summed E-state index contributed by atoms with van der Waals surface area (Å²) in [5.41, 5.74) is 1.68. The van der Waals surface area contributed by atoms with Gasteiger partial charge in [-0.05, 0) is 86.5 Å². The number of carboxylic acids is 1. The molecule has 2 N–H and O–H groups in total. The van der Waals surface area contributed by atoms with Crippen molar-refractivity contribution in [2.24, 2.45) is 17.3 Å². The Morgan fingerprint density at radius 1 is 1.05 bits per heavy atom. The van der Waals surface area contributed by atoms with Crippen molar-refractivity contribution in [2.45, 2.75) is 117 Å². The van der Waals surface area contributed by atoms with Crippen molar-refractivity contribution in [3.63, 3.8) is 0 Å². The van der Waals surface area contributed by atoms with E-state index in [-0.39, 0.29) is 17.4 Å². The normalized spacial score (nSPS) is 29.2. The Balaban J connectivity index is 0.000000451. The molecule has 1 aliphatic heterocycles. The molecule has 0 aromatic rings. The third-order valence-electron chi connectivity index (χ3n) is 8.70. The monoisotopic (exact) mass is 560 g/mol. The second kappa shape index (κ2) is 16.9. The van der Waals surface area contributed by atoms with Gasteiger partial charge in [-0.25, -0.2) is 4.79 Å². The molecule has 3 aliphatic carbocycles. The van der Waals surface area contributed by atoms with Gasteiger partial charge in [0.2, 0.25) is 12.3 Å². The van der Waals surface area contributed by atoms with Gasteiger partial charge < -0.3 is 15.3 Å². The number of nitrogens with one attached hydrogen (secondary N) is 1. The standard InChI is InChI=1S/C22H30N2O4S.C8H16.C2H6/c1-29-19(16-5-3-2-4-6-16)11-18(12-21(27)28)24(15-25)17-7-9-22(10-8-17)13-20(26)23-14-22;1-7-3-5-8(2)6-4-7;1-2/h5,11-12,15,17H,2-4,6-10,13-14H2,1H3,(H,23,26)(H,27,28);7-8H,3-6H2,1-2H3;1-2H3/b18-12-,19-11-;;. The van der Waals surface area contributed by atoms with E-state index in [1.807, 2.05) is 26.2 Å². The van der Waals surface area contributed by atoms with Crippen molar-refractivity contribution in [3.8, 4) is 0 Å². The fourth-order valence-electron chi connectivity index (χ4n) is 6.18. The molecule has 0 unspecified atom stereocenters. The molecule has 4 aliphatic rings. The number of allylic oxidation sites excluding steroid dienone is 3.